The molecular weight excluding hydrogens is 206 g/mol. The van der Waals surface area contributed by atoms with Gasteiger partial charge in [0.1, 0.15) is 5.75 Å². The second-order valence-electron chi connectivity index (χ2n) is 4.33. The number of phenolic OH excluding ortho intramolecular Hbond substituents is 1. The average Bonchev–Trinajstić information content (AvgIpc) is 2.99. The van der Waals surface area contributed by atoms with Crippen molar-refractivity contribution in [3.63, 3.8) is 0 Å². The number of nitrogens with two attached hydrogens (primary N) is 1. The van der Waals surface area contributed by atoms with Crippen LogP contribution in [0.4, 0.5) is 0 Å². The van der Waals surface area contributed by atoms with Gasteiger partial charge in [-0.3, -0.25) is 0 Å². The Morgan fingerprint density at radius 2 is 2.13 bits per heavy atom. The SMILES string of the molecule is CSc1ccc(O)c(C2(C(C)N)CC2)c1. The van der Waals surface area contributed by atoms with E-state index in [1.165, 1.54) is 4.90 Å². The molecule has 0 aliphatic heterocycles. The zero-order valence-electron chi connectivity index (χ0n) is 9.16. The molecule has 0 amide bonds. The molecule has 0 saturated heterocycles. The van der Waals surface area contributed by atoms with Gasteiger partial charge in [0.25, 0.3) is 0 Å². The number of hydrogen-bond acceptors (Lipinski definition) is 3. The summed E-state index contributed by atoms with van der Waals surface area (Å²) in [6.45, 7) is 2.03. The quantitative estimate of drug-likeness (QED) is 0.774. The predicted molar refractivity (Wildman–Crippen MR) is 64.4 cm³/mol. The molecule has 0 radical (unpaired) electrons. The third kappa shape index (κ3) is 1.74. The Morgan fingerprint density at radius 3 is 2.60 bits per heavy atom. The van der Waals surface area contributed by atoms with Gasteiger partial charge in [-0.25, -0.2) is 0 Å². The van der Waals surface area contributed by atoms with Crippen molar-refractivity contribution in [2.24, 2.45) is 5.73 Å². The van der Waals surface area contributed by atoms with E-state index < -0.39 is 0 Å². The first kappa shape index (κ1) is 10.8. The lowest BCUT2D eigenvalue weighted by atomic mass is 9.89. The molecule has 82 valence electrons. The molecule has 3 N–H and O–H groups in total. The van der Waals surface area contributed by atoms with Crippen LogP contribution in [0.2, 0.25) is 0 Å². The van der Waals surface area contributed by atoms with Gasteiger partial charge in [-0.05, 0) is 44.2 Å². The van der Waals surface area contributed by atoms with Crippen molar-refractivity contribution < 1.29 is 5.11 Å². The molecule has 1 aromatic carbocycles. The van der Waals surface area contributed by atoms with Crippen molar-refractivity contribution in [3.8, 4) is 5.75 Å². The van der Waals surface area contributed by atoms with Gasteiger partial charge in [-0.15, -0.1) is 11.8 Å². The zero-order chi connectivity index (χ0) is 11.1. The van der Waals surface area contributed by atoms with Crippen molar-refractivity contribution in [1.29, 1.82) is 0 Å². The van der Waals surface area contributed by atoms with Crippen molar-refractivity contribution in [1.82, 2.24) is 0 Å². The highest BCUT2D eigenvalue weighted by atomic mass is 32.2. The first-order valence-electron chi connectivity index (χ1n) is 5.23. The van der Waals surface area contributed by atoms with Crippen molar-refractivity contribution >= 4 is 11.8 Å². The number of benzene rings is 1. The summed E-state index contributed by atoms with van der Waals surface area (Å²) < 4.78 is 0. The smallest absolute Gasteiger partial charge is 0.119 e. The molecule has 3 heteroatoms. The molecule has 0 spiro atoms. The maximum Gasteiger partial charge on any atom is 0.119 e. The molecule has 0 bridgehead atoms. The van der Waals surface area contributed by atoms with Gasteiger partial charge in [0.15, 0.2) is 0 Å². The number of rotatable bonds is 3. The first-order chi connectivity index (χ1) is 7.10. The topological polar surface area (TPSA) is 46.2 Å². The Hall–Kier alpha value is -0.670. The monoisotopic (exact) mass is 223 g/mol. The Balaban J connectivity index is 2.43. The summed E-state index contributed by atoms with van der Waals surface area (Å²) in [5.74, 6) is 0.391. The summed E-state index contributed by atoms with van der Waals surface area (Å²) >= 11 is 1.70. The maximum absolute atomic E-state index is 9.89. The summed E-state index contributed by atoms with van der Waals surface area (Å²) in [4.78, 5) is 1.19. The van der Waals surface area contributed by atoms with E-state index in [1.54, 1.807) is 17.8 Å². The largest absolute Gasteiger partial charge is 0.508 e. The molecular formula is C12H17NOS. The molecule has 2 rings (SSSR count). The van der Waals surface area contributed by atoms with Gasteiger partial charge in [0.05, 0.1) is 0 Å². The molecule has 2 nitrogen and oxygen atoms in total. The highest BCUT2D eigenvalue weighted by Crippen LogP contribution is 2.53. The van der Waals surface area contributed by atoms with Crippen LogP contribution in [0.15, 0.2) is 23.1 Å². The molecule has 1 aromatic rings. The molecule has 1 saturated carbocycles. The van der Waals surface area contributed by atoms with E-state index in [1.807, 2.05) is 19.2 Å². The van der Waals surface area contributed by atoms with Crippen LogP contribution in [-0.2, 0) is 5.41 Å². The van der Waals surface area contributed by atoms with Gasteiger partial charge in [0, 0.05) is 21.9 Å². The van der Waals surface area contributed by atoms with E-state index in [4.69, 9.17) is 5.73 Å². The van der Waals surface area contributed by atoms with E-state index in [0.29, 0.717) is 5.75 Å². The molecule has 1 aliphatic carbocycles. The number of thioether (sulfide) groups is 1. The Labute approximate surface area is 94.9 Å². The fourth-order valence-electron chi connectivity index (χ4n) is 2.15. The Bertz CT molecular complexity index is 372. The minimum absolute atomic E-state index is 0.0375. The standard InChI is InChI=1S/C12H17NOS/c1-8(13)12(5-6-12)10-7-9(15-2)3-4-11(10)14/h3-4,7-8,14H,5-6,13H2,1-2H3. The fraction of sp³-hybridized carbons (Fsp3) is 0.500. The fourth-order valence-corrected chi connectivity index (χ4v) is 2.59. The lowest BCUT2D eigenvalue weighted by molar-refractivity contribution is 0.446. The van der Waals surface area contributed by atoms with Crippen LogP contribution in [0.25, 0.3) is 0 Å². The Kier molecular flexibility index (Phi) is 2.69. The van der Waals surface area contributed by atoms with Crippen molar-refractivity contribution in [2.45, 2.75) is 36.1 Å². The van der Waals surface area contributed by atoms with E-state index in [9.17, 15) is 5.11 Å². The first-order valence-corrected chi connectivity index (χ1v) is 6.46. The van der Waals surface area contributed by atoms with Crippen LogP contribution in [0, 0.1) is 0 Å². The van der Waals surface area contributed by atoms with Crippen LogP contribution in [-0.4, -0.2) is 17.4 Å². The highest BCUT2D eigenvalue weighted by Gasteiger charge is 2.48. The lowest BCUT2D eigenvalue weighted by Gasteiger charge is -2.21. The zero-order valence-corrected chi connectivity index (χ0v) is 9.97. The molecule has 1 unspecified atom stereocenters. The van der Waals surface area contributed by atoms with Crippen molar-refractivity contribution in [2.75, 3.05) is 6.26 Å². The number of aromatic hydroxyl groups is 1. The minimum atomic E-state index is 0.0375. The van der Waals surface area contributed by atoms with E-state index in [0.717, 1.165) is 18.4 Å². The van der Waals surface area contributed by atoms with Gasteiger partial charge in [0.2, 0.25) is 0 Å². The van der Waals surface area contributed by atoms with Gasteiger partial charge >= 0.3 is 0 Å². The lowest BCUT2D eigenvalue weighted by Crippen LogP contribution is -2.31. The van der Waals surface area contributed by atoms with Crippen LogP contribution in [0.1, 0.15) is 25.3 Å². The average molecular weight is 223 g/mol. The molecule has 15 heavy (non-hydrogen) atoms. The minimum Gasteiger partial charge on any atom is -0.508 e. The molecule has 0 aromatic heterocycles. The molecule has 0 heterocycles. The number of phenols is 1. The molecule has 1 atom stereocenters. The van der Waals surface area contributed by atoms with Crippen LogP contribution >= 0.6 is 11.8 Å². The summed E-state index contributed by atoms with van der Waals surface area (Å²) in [7, 11) is 0. The second kappa shape index (κ2) is 3.72. The van der Waals surface area contributed by atoms with Crippen LogP contribution < -0.4 is 5.73 Å². The number of hydrogen-bond donors (Lipinski definition) is 2. The van der Waals surface area contributed by atoms with Crippen LogP contribution in [0.5, 0.6) is 5.75 Å². The second-order valence-corrected chi connectivity index (χ2v) is 5.21. The van der Waals surface area contributed by atoms with Crippen molar-refractivity contribution in [3.05, 3.63) is 23.8 Å². The third-order valence-electron chi connectivity index (χ3n) is 3.40. The molecule has 1 fully saturated rings. The maximum atomic E-state index is 9.89. The summed E-state index contributed by atoms with van der Waals surface area (Å²) in [5.41, 5.74) is 7.08. The van der Waals surface area contributed by atoms with E-state index in [-0.39, 0.29) is 11.5 Å². The van der Waals surface area contributed by atoms with Gasteiger partial charge < -0.3 is 10.8 Å². The van der Waals surface area contributed by atoms with E-state index in [2.05, 4.69) is 6.07 Å². The normalized spacial score (nSPS) is 19.9. The summed E-state index contributed by atoms with van der Waals surface area (Å²) in [5, 5.41) is 9.89. The highest BCUT2D eigenvalue weighted by molar-refractivity contribution is 7.98. The Morgan fingerprint density at radius 1 is 1.47 bits per heavy atom. The molecule has 1 aliphatic rings. The predicted octanol–water partition coefficient (Wildman–Crippen LogP) is 2.49. The summed E-state index contributed by atoms with van der Waals surface area (Å²) in [6.07, 6.45) is 4.23. The van der Waals surface area contributed by atoms with E-state index >= 15 is 0 Å². The van der Waals surface area contributed by atoms with Gasteiger partial charge in [-0.2, -0.15) is 0 Å². The van der Waals surface area contributed by atoms with Gasteiger partial charge in [-0.1, -0.05) is 0 Å². The summed E-state index contributed by atoms with van der Waals surface area (Å²) in [6, 6.07) is 5.92. The third-order valence-corrected chi connectivity index (χ3v) is 4.13. The van der Waals surface area contributed by atoms with Crippen LogP contribution in [0.3, 0.4) is 0 Å².